The number of halogens is 1. The second-order valence-electron chi connectivity index (χ2n) is 4.32. The quantitative estimate of drug-likeness (QED) is 0.774. The van der Waals surface area contributed by atoms with Crippen LogP contribution >= 0.6 is 0 Å². The number of nitrogens with two attached hydrogens (primary N) is 1. The van der Waals surface area contributed by atoms with E-state index in [0.29, 0.717) is 0 Å². The lowest BCUT2D eigenvalue weighted by Gasteiger charge is -2.35. The fourth-order valence-corrected chi connectivity index (χ4v) is 2.16. The highest BCUT2D eigenvalue weighted by molar-refractivity contribution is 5.34. The number of hydrogen-bond donors (Lipinski definition) is 2. The molecule has 1 aromatic rings. The Balaban J connectivity index is 2.38. The third-order valence-electron chi connectivity index (χ3n) is 3.11. The van der Waals surface area contributed by atoms with Crippen LogP contribution in [0.25, 0.3) is 0 Å². The van der Waals surface area contributed by atoms with Gasteiger partial charge in [-0.1, -0.05) is 24.3 Å². The van der Waals surface area contributed by atoms with E-state index < -0.39 is 5.67 Å². The van der Waals surface area contributed by atoms with Gasteiger partial charge in [0.15, 0.2) is 0 Å². The summed E-state index contributed by atoms with van der Waals surface area (Å²) in [5.74, 6) is 0. The van der Waals surface area contributed by atoms with Gasteiger partial charge in [-0.3, -0.25) is 0 Å². The summed E-state index contributed by atoms with van der Waals surface area (Å²) in [6.45, 7) is 2.42. The molecule has 1 heterocycles. The van der Waals surface area contributed by atoms with Crippen LogP contribution in [-0.4, -0.2) is 18.8 Å². The molecule has 2 rings (SSSR count). The molecule has 15 heavy (non-hydrogen) atoms. The number of benzene rings is 1. The number of rotatable bonds is 2. The summed E-state index contributed by atoms with van der Waals surface area (Å²) in [5.41, 5.74) is 6.39. The standard InChI is InChI=1S/C12H17FN2/c1-12(13,8-14)11-10-5-3-2-4-9(10)6-7-15-11/h2-5,11,15H,6-8,14H2,1H3. The number of alkyl halides is 1. The zero-order chi connectivity index (χ0) is 10.9. The van der Waals surface area contributed by atoms with Crippen LogP contribution < -0.4 is 11.1 Å². The van der Waals surface area contributed by atoms with Crippen molar-refractivity contribution in [3.8, 4) is 0 Å². The van der Waals surface area contributed by atoms with Crippen LogP contribution in [0.2, 0.25) is 0 Å². The van der Waals surface area contributed by atoms with Gasteiger partial charge in [-0.15, -0.1) is 0 Å². The molecule has 3 N–H and O–H groups in total. The van der Waals surface area contributed by atoms with Crippen LogP contribution in [0.4, 0.5) is 4.39 Å². The third-order valence-corrected chi connectivity index (χ3v) is 3.11. The highest BCUT2D eigenvalue weighted by Gasteiger charge is 2.36. The Labute approximate surface area is 89.7 Å². The Kier molecular flexibility index (Phi) is 2.76. The van der Waals surface area contributed by atoms with Gasteiger partial charge in [-0.05, 0) is 31.0 Å². The number of fused-ring (bicyclic) bond motifs is 1. The maximum absolute atomic E-state index is 14.2. The average molecular weight is 208 g/mol. The molecular weight excluding hydrogens is 191 g/mol. The van der Waals surface area contributed by atoms with Crippen LogP contribution in [0.15, 0.2) is 24.3 Å². The predicted octanol–water partition coefficient (Wildman–Crippen LogP) is 1.56. The zero-order valence-corrected chi connectivity index (χ0v) is 8.96. The molecule has 1 aromatic carbocycles. The molecule has 0 saturated heterocycles. The van der Waals surface area contributed by atoms with Gasteiger partial charge >= 0.3 is 0 Å². The second-order valence-corrected chi connectivity index (χ2v) is 4.32. The molecule has 3 heteroatoms. The smallest absolute Gasteiger partial charge is 0.139 e. The molecule has 0 saturated carbocycles. The molecule has 82 valence electrons. The summed E-state index contributed by atoms with van der Waals surface area (Å²) in [6, 6.07) is 7.73. The molecule has 0 amide bonds. The fourth-order valence-electron chi connectivity index (χ4n) is 2.16. The Morgan fingerprint density at radius 1 is 1.53 bits per heavy atom. The van der Waals surface area contributed by atoms with Crippen molar-refractivity contribution in [2.24, 2.45) is 5.73 Å². The minimum atomic E-state index is -1.38. The molecule has 0 fully saturated rings. The molecule has 2 atom stereocenters. The highest BCUT2D eigenvalue weighted by atomic mass is 19.1. The first kappa shape index (κ1) is 10.6. The summed E-state index contributed by atoms with van der Waals surface area (Å²) in [6.07, 6.45) is 0.966. The highest BCUT2D eigenvalue weighted by Crippen LogP contribution is 2.33. The Bertz CT molecular complexity index is 349. The number of nitrogens with one attached hydrogen (secondary N) is 1. The van der Waals surface area contributed by atoms with E-state index in [9.17, 15) is 4.39 Å². The van der Waals surface area contributed by atoms with Gasteiger partial charge in [0.25, 0.3) is 0 Å². The van der Waals surface area contributed by atoms with E-state index in [4.69, 9.17) is 5.73 Å². The molecule has 0 bridgehead atoms. The molecule has 1 aliphatic heterocycles. The van der Waals surface area contributed by atoms with E-state index in [0.717, 1.165) is 18.5 Å². The first-order valence-corrected chi connectivity index (χ1v) is 5.35. The van der Waals surface area contributed by atoms with Crippen molar-refractivity contribution in [2.45, 2.75) is 25.1 Å². The largest absolute Gasteiger partial charge is 0.327 e. The molecule has 0 aliphatic carbocycles. The Morgan fingerprint density at radius 3 is 3.00 bits per heavy atom. The van der Waals surface area contributed by atoms with Crippen molar-refractivity contribution < 1.29 is 4.39 Å². The average Bonchev–Trinajstić information content (AvgIpc) is 2.28. The molecule has 2 nitrogen and oxygen atoms in total. The summed E-state index contributed by atoms with van der Waals surface area (Å²) in [4.78, 5) is 0. The maximum atomic E-state index is 14.2. The molecule has 0 spiro atoms. The van der Waals surface area contributed by atoms with E-state index >= 15 is 0 Å². The Morgan fingerprint density at radius 2 is 2.27 bits per heavy atom. The zero-order valence-electron chi connectivity index (χ0n) is 8.96. The summed E-state index contributed by atoms with van der Waals surface area (Å²) >= 11 is 0. The van der Waals surface area contributed by atoms with Crippen molar-refractivity contribution >= 4 is 0 Å². The van der Waals surface area contributed by atoms with Gasteiger partial charge in [0, 0.05) is 6.54 Å². The molecule has 0 aromatic heterocycles. The van der Waals surface area contributed by atoms with Crippen LogP contribution in [0.5, 0.6) is 0 Å². The van der Waals surface area contributed by atoms with Crippen LogP contribution in [0.1, 0.15) is 24.1 Å². The van der Waals surface area contributed by atoms with Gasteiger partial charge in [-0.25, -0.2) is 4.39 Å². The molecular formula is C12H17FN2. The third kappa shape index (κ3) is 1.90. The number of hydrogen-bond acceptors (Lipinski definition) is 2. The lowest BCUT2D eigenvalue weighted by Crippen LogP contribution is -2.46. The first-order chi connectivity index (χ1) is 7.15. The SMILES string of the molecule is CC(F)(CN)C1NCCc2ccccc21. The van der Waals surface area contributed by atoms with E-state index in [2.05, 4.69) is 11.4 Å². The van der Waals surface area contributed by atoms with Crippen LogP contribution in [0, 0.1) is 0 Å². The van der Waals surface area contributed by atoms with Gasteiger partial charge in [-0.2, -0.15) is 0 Å². The molecule has 2 unspecified atom stereocenters. The van der Waals surface area contributed by atoms with Gasteiger partial charge in [0.1, 0.15) is 5.67 Å². The normalized spacial score (nSPS) is 24.3. The summed E-state index contributed by atoms with van der Waals surface area (Å²) < 4.78 is 14.2. The van der Waals surface area contributed by atoms with Crippen LogP contribution in [0.3, 0.4) is 0 Å². The maximum Gasteiger partial charge on any atom is 0.139 e. The lowest BCUT2D eigenvalue weighted by atomic mass is 9.85. The summed E-state index contributed by atoms with van der Waals surface area (Å²) in [7, 11) is 0. The van der Waals surface area contributed by atoms with Gasteiger partial charge in [0.2, 0.25) is 0 Å². The van der Waals surface area contributed by atoms with Crippen LogP contribution in [-0.2, 0) is 6.42 Å². The van der Waals surface area contributed by atoms with Crippen molar-refractivity contribution in [3.63, 3.8) is 0 Å². The molecule has 0 radical (unpaired) electrons. The first-order valence-electron chi connectivity index (χ1n) is 5.35. The van der Waals surface area contributed by atoms with E-state index in [1.54, 1.807) is 6.92 Å². The predicted molar refractivity (Wildman–Crippen MR) is 59.5 cm³/mol. The fraction of sp³-hybridized carbons (Fsp3) is 0.500. The molecule has 1 aliphatic rings. The second kappa shape index (κ2) is 3.91. The van der Waals surface area contributed by atoms with Gasteiger partial charge < -0.3 is 11.1 Å². The topological polar surface area (TPSA) is 38.0 Å². The van der Waals surface area contributed by atoms with E-state index in [1.165, 1.54) is 5.56 Å². The van der Waals surface area contributed by atoms with E-state index in [1.807, 2.05) is 18.2 Å². The summed E-state index contributed by atoms with van der Waals surface area (Å²) in [5, 5.41) is 3.21. The van der Waals surface area contributed by atoms with Crippen molar-refractivity contribution in [3.05, 3.63) is 35.4 Å². The van der Waals surface area contributed by atoms with Crippen molar-refractivity contribution in [1.82, 2.24) is 5.32 Å². The van der Waals surface area contributed by atoms with Gasteiger partial charge in [0.05, 0.1) is 6.04 Å². The lowest BCUT2D eigenvalue weighted by molar-refractivity contribution is 0.132. The minimum absolute atomic E-state index is 0.0407. The minimum Gasteiger partial charge on any atom is -0.327 e. The van der Waals surface area contributed by atoms with Crippen molar-refractivity contribution in [1.29, 1.82) is 0 Å². The Hall–Kier alpha value is -0.930. The monoisotopic (exact) mass is 208 g/mol. The van der Waals surface area contributed by atoms with E-state index in [-0.39, 0.29) is 12.6 Å². The van der Waals surface area contributed by atoms with Crippen molar-refractivity contribution in [2.75, 3.05) is 13.1 Å².